The fourth-order valence-electron chi connectivity index (χ4n) is 4.59. The lowest BCUT2D eigenvalue weighted by molar-refractivity contribution is -0.171. The Bertz CT molecular complexity index is 1120. The first-order valence-corrected chi connectivity index (χ1v) is 11.0. The van der Waals surface area contributed by atoms with Crippen molar-refractivity contribution in [2.75, 3.05) is 13.2 Å². The Morgan fingerprint density at radius 2 is 1.31 bits per heavy atom. The second-order valence-electron chi connectivity index (χ2n) is 7.99. The summed E-state index contributed by atoms with van der Waals surface area (Å²) in [7, 11) is 0. The van der Waals surface area contributed by atoms with Crippen LogP contribution in [0.1, 0.15) is 30.7 Å². The molecule has 1 heterocycles. The third-order valence-corrected chi connectivity index (χ3v) is 5.99. The molecule has 164 valence electrons. The smallest absolute Gasteiger partial charge is 0.324 e. The summed E-state index contributed by atoms with van der Waals surface area (Å²) in [6, 6.07) is 19.9. The molecule has 0 atom stereocenters. The predicted molar refractivity (Wildman–Crippen MR) is 123 cm³/mol. The zero-order chi connectivity index (χ0) is 22.7. The van der Waals surface area contributed by atoms with Gasteiger partial charge in [0, 0.05) is 29.7 Å². The zero-order valence-corrected chi connectivity index (χ0v) is 18.7. The standard InChI is InChI=1S/C27H27NO4/c1-4-31-25(29)27(26(30)32-5-2)16-21-22(17-27)24(20-14-10-7-11-15-20)28-18(3)23(21)19-12-8-6-9-13-19/h6-15H,4-5,16-17H2,1-3H3. The molecular weight excluding hydrogens is 402 g/mol. The molecule has 0 radical (unpaired) electrons. The minimum absolute atomic E-state index is 0.199. The number of fused-ring (bicyclic) bond motifs is 1. The molecule has 4 rings (SSSR count). The quantitative estimate of drug-likeness (QED) is 0.410. The van der Waals surface area contributed by atoms with Gasteiger partial charge in [0.05, 0.1) is 18.9 Å². The van der Waals surface area contributed by atoms with E-state index in [2.05, 4.69) is 0 Å². The summed E-state index contributed by atoms with van der Waals surface area (Å²) < 4.78 is 10.8. The van der Waals surface area contributed by atoms with E-state index in [4.69, 9.17) is 14.5 Å². The highest BCUT2D eigenvalue weighted by atomic mass is 16.6. The minimum Gasteiger partial charge on any atom is -0.465 e. The van der Waals surface area contributed by atoms with Crippen LogP contribution in [0, 0.1) is 12.3 Å². The predicted octanol–water partition coefficient (Wildman–Crippen LogP) is 4.94. The van der Waals surface area contributed by atoms with Gasteiger partial charge in [-0.15, -0.1) is 0 Å². The van der Waals surface area contributed by atoms with E-state index in [9.17, 15) is 9.59 Å². The van der Waals surface area contributed by atoms with Crippen molar-refractivity contribution in [1.29, 1.82) is 0 Å². The summed E-state index contributed by atoms with van der Waals surface area (Å²) in [5.74, 6) is -1.07. The van der Waals surface area contributed by atoms with Gasteiger partial charge in [0.2, 0.25) is 0 Å². The highest BCUT2D eigenvalue weighted by molar-refractivity contribution is 6.02. The van der Waals surface area contributed by atoms with E-state index in [0.29, 0.717) is 0 Å². The molecule has 0 bridgehead atoms. The van der Waals surface area contributed by atoms with Crippen LogP contribution >= 0.6 is 0 Å². The van der Waals surface area contributed by atoms with E-state index in [1.54, 1.807) is 13.8 Å². The van der Waals surface area contributed by atoms with Crippen LogP contribution in [0.4, 0.5) is 0 Å². The summed E-state index contributed by atoms with van der Waals surface area (Å²) in [6.45, 7) is 5.86. The van der Waals surface area contributed by atoms with E-state index in [1.807, 2.05) is 67.6 Å². The summed E-state index contributed by atoms with van der Waals surface area (Å²) in [5.41, 5.74) is 5.05. The Hall–Kier alpha value is -3.47. The lowest BCUT2D eigenvalue weighted by Crippen LogP contribution is -2.43. The summed E-state index contributed by atoms with van der Waals surface area (Å²) in [5, 5.41) is 0. The van der Waals surface area contributed by atoms with Crippen LogP contribution in [-0.4, -0.2) is 30.1 Å². The van der Waals surface area contributed by atoms with Gasteiger partial charge in [0.15, 0.2) is 5.41 Å². The Kier molecular flexibility index (Phi) is 6.08. The van der Waals surface area contributed by atoms with Crippen LogP contribution in [0.25, 0.3) is 22.4 Å². The first-order valence-electron chi connectivity index (χ1n) is 11.0. The number of esters is 2. The SMILES string of the molecule is CCOC(=O)C1(C(=O)OCC)Cc2c(-c3ccccc3)nc(C)c(-c3ccccc3)c2C1. The molecule has 3 aromatic rings. The van der Waals surface area contributed by atoms with Crippen molar-refractivity contribution in [2.45, 2.75) is 33.6 Å². The molecule has 1 aliphatic carbocycles. The number of benzene rings is 2. The second kappa shape index (κ2) is 8.95. The maximum Gasteiger partial charge on any atom is 0.324 e. The molecule has 0 saturated heterocycles. The Labute approximate surface area is 188 Å². The van der Waals surface area contributed by atoms with Crippen LogP contribution in [-0.2, 0) is 31.9 Å². The molecule has 0 unspecified atom stereocenters. The van der Waals surface area contributed by atoms with Gasteiger partial charge in [-0.05, 0) is 37.5 Å². The van der Waals surface area contributed by atoms with E-state index in [-0.39, 0.29) is 26.1 Å². The van der Waals surface area contributed by atoms with Gasteiger partial charge in [-0.1, -0.05) is 60.7 Å². The van der Waals surface area contributed by atoms with Crippen LogP contribution in [0.5, 0.6) is 0 Å². The van der Waals surface area contributed by atoms with Crippen LogP contribution in [0.2, 0.25) is 0 Å². The number of nitrogens with zero attached hydrogens (tertiary/aromatic N) is 1. The van der Waals surface area contributed by atoms with Crippen molar-refractivity contribution in [1.82, 2.24) is 4.98 Å². The normalized spacial score (nSPS) is 14.0. The fourth-order valence-corrected chi connectivity index (χ4v) is 4.59. The molecule has 5 nitrogen and oxygen atoms in total. The number of aromatic nitrogens is 1. The molecule has 5 heteroatoms. The fraction of sp³-hybridized carbons (Fsp3) is 0.296. The van der Waals surface area contributed by atoms with Crippen molar-refractivity contribution in [2.24, 2.45) is 5.41 Å². The van der Waals surface area contributed by atoms with Crippen molar-refractivity contribution in [3.05, 3.63) is 77.5 Å². The summed E-state index contributed by atoms with van der Waals surface area (Å²) in [6.07, 6.45) is 0.435. The molecule has 0 aliphatic heterocycles. The van der Waals surface area contributed by atoms with Gasteiger partial charge in [-0.2, -0.15) is 0 Å². The largest absolute Gasteiger partial charge is 0.465 e. The Morgan fingerprint density at radius 3 is 1.84 bits per heavy atom. The van der Waals surface area contributed by atoms with Gasteiger partial charge < -0.3 is 9.47 Å². The third-order valence-electron chi connectivity index (χ3n) is 5.99. The molecule has 0 spiro atoms. The van der Waals surface area contributed by atoms with Gasteiger partial charge in [0.25, 0.3) is 0 Å². The maximum atomic E-state index is 13.2. The van der Waals surface area contributed by atoms with E-state index in [1.165, 1.54) is 0 Å². The highest BCUT2D eigenvalue weighted by Gasteiger charge is 2.54. The zero-order valence-electron chi connectivity index (χ0n) is 18.7. The number of carbonyl (C=O) groups excluding carboxylic acids is 2. The van der Waals surface area contributed by atoms with Gasteiger partial charge in [0.1, 0.15) is 0 Å². The Balaban J connectivity index is 1.97. The lowest BCUT2D eigenvalue weighted by atomic mass is 9.84. The molecule has 1 aliphatic rings. The van der Waals surface area contributed by atoms with E-state index in [0.717, 1.165) is 39.2 Å². The highest BCUT2D eigenvalue weighted by Crippen LogP contribution is 2.47. The molecule has 0 N–H and O–H groups in total. The summed E-state index contributed by atoms with van der Waals surface area (Å²) in [4.78, 5) is 31.3. The van der Waals surface area contributed by atoms with Crippen molar-refractivity contribution < 1.29 is 19.1 Å². The maximum absolute atomic E-state index is 13.2. The van der Waals surface area contributed by atoms with E-state index >= 15 is 0 Å². The summed E-state index contributed by atoms with van der Waals surface area (Å²) >= 11 is 0. The number of ether oxygens (including phenoxy) is 2. The number of pyridine rings is 1. The molecular formula is C27H27NO4. The number of rotatable bonds is 6. The second-order valence-corrected chi connectivity index (χ2v) is 7.99. The van der Waals surface area contributed by atoms with Gasteiger partial charge in [-0.3, -0.25) is 14.6 Å². The van der Waals surface area contributed by atoms with Crippen LogP contribution in [0.15, 0.2) is 60.7 Å². The molecule has 0 amide bonds. The number of aryl methyl sites for hydroxylation is 1. The minimum atomic E-state index is -1.41. The Morgan fingerprint density at radius 1 is 0.812 bits per heavy atom. The van der Waals surface area contributed by atoms with Crippen molar-refractivity contribution >= 4 is 11.9 Å². The molecule has 0 saturated carbocycles. The number of carbonyl (C=O) groups is 2. The third kappa shape index (κ3) is 3.68. The average Bonchev–Trinajstić information content (AvgIpc) is 3.22. The lowest BCUT2D eigenvalue weighted by Gasteiger charge is -2.24. The molecule has 2 aromatic carbocycles. The van der Waals surface area contributed by atoms with Crippen molar-refractivity contribution in [3.8, 4) is 22.4 Å². The van der Waals surface area contributed by atoms with Crippen LogP contribution in [0.3, 0.4) is 0 Å². The monoisotopic (exact) mass is 429 g/mol. The molecule has 1 aromatic heterocycles. The molecule has 0 fully saturated rings. The average molecular weight is 430 g/mol. The molecule has 32 heavy (non-hydrogen) atoms. The first-order chi connectivity index (χ1) is 15.5. The first kappa shape index (κ1) is 21.8. The van der Waals surface area contributed by atoms with Gasteiger partial charge in [-0.25, -0.2) is 0 Å². The topological polar surface area (TPSA) is 65.5 Å². The van der Waals surface area contributed by atoms with Crippen LogP contribution < -0.4 is 0 Å². The number of hydrogen-bond acceptors (Lipinski definition) is 5. The number of hydrogen-bond donors (Lipinski definition) is 0. The van der Waals surface area contributed by atoms with Crippen molar-refractivity contribution in [3.63, 3.8) is 0 Å². The van der Waals surface area contributed by atoms with E-state index < -0.39 is 17.4 Å². The van der Waals surface area contributed by atoms with Gasteiger partial charge >= 0.3 is 11.9 Å².